The molecule has 0 N–H and O–H groups in total. The highest BCUT2D eigenvalue weighted by Gasteiger charge is 2.21. The van der Waals surface area contributed by atoms with E-state index in [0.29, 0.717) is 4.65 Å². The Morgan fingerprint density at radius 3 is 1.78 bits per heavy atom. The molecule has 1 nitrogen and oxygen atoms in total. The summed E-state index contributed by atoms with van der Waals surface area (Å²) in [4.78, 5) is 12.4. The normalized spacial score (nSPS) is 10.3. The Morgan fingerprint density at radius 2 is 1.39 bits per heavy atom. The molecule has 0 amide bonds. The summed E-state index contributed by atoms with van der Waals surface area (Å²) in [7, 11) is 0. The van der Waals surface area contributed by atoms with Crippen molar-refractivity contribution in [1.29, 1.82) is 0 Å². The molecule has 2 heteroatoms. The van der Waals surface area contributed by atoms with Gasteiger partial charge in [0.15, 0.2) is 0 Å². The van der Waals surface area contributed by atoms with E-state index in [1.807, 2.05) is 36.4 Å². The van der Waals surface area contributed by atoms with Crippen LogP contribution in [0, 0.1) is 0 Å². The molecule has 2 rings (SSSR count). The second-order valence-corrected chi connectivity index (χ2v) is 6.67. The highest BCUT2D eigenvalue weighted by molar-refractivity contribution is 6.75. The van der Waals surface area contributed by atoms with Crippen molar-refractivity contribution in [3.8, 4) is 0 Å². The van der Waals surface area contributed by atoms with Crippen molar-refractivity contribution in [3.63, 3.8) is 0 Å². The van der Waals surface area contributed by atoms with Gasteiger partial charge in [-0.05, 0) is 11.1 Å². The Balaban J connectivity index is 2.38. The summed E-state index contributed by atoms with van der Waals surface area (Å²) in [5, 5.41) is 1.04. The van der Waals surface area contributed by atoms with Crippen molar-refractivity contribution in [1.82, 2.24) is 0 Å². The van der Waals surface area contributed by atoms with Crippen LogP contribution in [0.3, 0.4) is 0 Å². The summed E-state index contributed by atoms with van der Waals surface area (Å²) in [5.41, 5.74) is 2.24. The average molecular weight is 252 g/mol. The maximum atomic E-state index is 12.4. The fraction of sp³-hybridized carbons (Fsp3) is 0.188. The van der Waals surface area contributed by atoms with E-state index in [4.69, 9.17) is 0 Å². The maximum absolute atomic E-state index is 12.4. The smallest absolute Gasteiger partial charge is 0.320 e. The third-order valence-electron chi connectivity index (χ3n) is 3.08. The molecule has 0 aliphatic heterocycles. The van der Waals surface area contributed by atoms with Crippen LogP contribution in [0.4, 0.5) is 0 Å². The fourth-order valence-corrected chi connectivity index (χ4v) is 3.50. The summed E-state index contributed by atoms with van der Waals surface area (Å²) in [5.74, 6) is -0.0565. The van der Waals surface area contributed by atoms with Gasteiger partial charge in [-0.3, -0.25) is 0 Å². The van der Waals surface area contributed by atoms with Gasteiger partial charge in [0.1, 0.15) is 0 Å². The van der Waals surface area contributed by atoms with Crippen LogP contribution in [0.1, 0.15) is 24.0 Å². The minimum atomic E-state index is -0.628. The van der Waals surface area contributed by atoms with E-state index in [-0.39, 0.29) is 5.92 Å². The fourth-order valence-electron chi connectivity index (χ4n) is 2.25. The number of carbonyl (C=O) groups is 1. The van der Waals surface area contributed by atoms with Gasteiger partial charge in [-0.2, -0.15) is 0 Å². The van der Waals surface area contributed by atoms with Crippen molar-refractivity contribution < 1.29 is 4.79 Å². The van der Waals surface area contributed by atoms with Crippen LogP contribution >= 0.6 is 0 Å². The zero-order valence-corrected chi connectivity index (χ0v) is 12.1. The molecule has 0 saturated heterocycles. The molecule has 0 unspecified atom stereocenters. The van der Waals surface area contributed by atoms with E-state index in [9.17, 15) is 4.79 Å². The number of benzene rings is 2. The van der Waals surface area contributed by atoms with Crippen LogP contribution in [0.15, 0.2) is 60.7 Å². The second-order valence-electron chi connectivity index (χ2n) is 4.47. The van der Waals surface area contributed by atoms with Crippen LogP contribution in [0.25, 0.3) is 0 Å². The molecule has 0 bridgehead atoms. The molecular weight excluding hydrogens is 235 g/mol. The van der Waals surface area contributed by atoms with Gasteiger partial charge < -0.3 is 4.79 Å². The first-order valence-corrected chi connectivity index (χ1v) is 8.16. The van der Waals surface area contributed by atoms with Gasteiger partial charge in [0.2, 0.25) is 0 Å². The van der Waals surface area contributed by atoms with Gasteiger partial charge in [0.05, 0.1) is 4.65 Å². The van der Waals surface area contributed by atoms with Crippen LogP contribution < -0.4 is 0 Å². The van der Waals surface area contributed by atoms with Crippen LogP contribution in [-0.2, 0) is 4.79 Å². The first-order valence-electron chi connectivity index (χ1n) is 6.45. The topological polar surface area (TPSA) is 17.1 Å². The predicted octanol–water partition coefficient (Wildman–Crippen LogP) is 3.22. The molecule has 0 heterocycles. The monoisotopic (exact) mass is 252 g/mol. The zero-order chi connectivity index (χ0) is 12.8. The summed E-state index contributed by atoms with van der Waals surface area (Å²) in [6, 6.07) is 20.2. The SMILES string of the molecule is C[CH2][AlH][C](=O)C(c1ccccc1)c1ccccc1. The summed E-state index contributed by atoms with van der Waals surface area (Å²) in [6.07, 6.45) is 0. The molecule has 0 saturated carbocycles. The van der Waals surface area contributed by atoms with Crippen LogP contribution in [-0.4, -0.2) is 19.9 Å². The third kappa shape index (κ3) is 3.10. The van der Waals surface area contributed by atoms with Crippen molar-refractivity contribution in [2.45, 2.75) is 18.1 Å². The van der Waals surface area contributed by atoms with E-state index < -0.39 is 15.2 Å². The molecule has 0 atom stereocenters. The first-order chi connectivity index (χ1) is 8.83. The van der Waals surface area contributed by atoms with E-state index >= 15 is 0 Å². The number of carbonyl (C=O) groups excluding carboxylic acids is 1. The summed E-state index contributed by atoms with van der Waals surface area (Å²) < 4.78 is 0.440. The average Bonchev–Trinajstić information content (AvgIpc) is 2.42. The van der Waals surface area contributed by atoms with Gasteiger partial charge in [-0.15, -0.1) is 0 Å². The Kier molecular flexibility index (Phi) is 4.75. The Bertz CT molecular complexity index is 454. The van der Waals surface area contributed by atoms with Crippen molar-refractivity contribution in [2.24, 2.45) is 0 Å². The molecule has 0 spiro atoms. The number of hydrogen-bond acceptors (Lipinski definition) is 1. The van der Waals surface area contributed by atoms with Gasteiger partial charge in [0, 0.05) is 5.92 Å². The van der Waals surface area contributed by atoms with E-state index in [1.165, 1.54) is 0 Å². The highest BCUT2D eigenvalue weighted by Crippen LogP contribution is 2.25. The minimum Gasteiger partial charge on any atom is -0.320 e. The van der Waals surface area contributed by atoms with Gasteiger partial charge >= 0.3 is 15.2 Å². The molecule has 0 aliphatic carbocycles. The van der Waals surface area contributed by atoms with E-state index in [1.54, 1.807) is 0 Å². The van der Waals surface area contributed by atoms with Gasteiger partial charge in [-0.25, -0.2) is 0 Å². The Labute approximate surface area is 115 Å². The first kappa shape index (κ1) is 13.1. The molecule has 2 aromatic carbocycles. The Morgan fingerprint density at radius 1 is 0.944 bits per heavy atom. The van der Waals surface area contributed by atoms with Crippen molar-refractivity contribution >= 4 is 19.9 Å². The van der Waals surface area contributed by atoms with Crippen molar-refractivity contribution in [2.75, 3.05) is 0 Å². The molecule has 18 heavy (non-hydrogen) atoms. The lowest BCUT2D eigenvalue weighted by Crippen LogP contribution is -2.19. The largest absolute Gasteiger partial charge is 0.344 e. The lowest BCUT2D eigenvalue weighted by atomic mass is 9.92. The molecule has 0 fully saturated rings. The standard InChI is InChI=1S/C14H11O.C2H5.Al.H/c15-11-14(12-7-3-1-4-8-12)13-9-5-2-6-10-13;1-2;;/h1-10,14H;1H2,2H3;;. The molecule has 2 aromatic rings. The second kappa shape index (κ2) is 6.54. The summed E-state index contributed by atoms with van der Waals surface area (Å²) in [6.45, 7) is 2.11. The molecule has 0 aliphatic rings. The molecule has 0 aromatic heterocycles. The van der Waals surface area contributed by atoms with E-state index in [0.717, 1.165) is 16.4 Å². The van der Waals surface area contributed by atoms with Gasteiger partial charge in [-0.1, -0.05) is 72.9 Å². The predicted molar refractivity (Wildman–Crippen MR) is 77.4 cm³/mol. The molecular formula is C16H17AlO. The highest BCUT2D eigenvalue weighted by atomic mass is 27.1. The summed E-state index contributed by atoms with van der Waals surface area (Å²) >= 11 is -0.628. The molecule has 0 radical (unpaired) electrons. The van der Waals surface area contributed by atoms with Crippen molar-refractivity contribution in [3.05, 3.63) is 71.8 Å². The third-order valence-corrected chi connectivity index (χ3v) is 4.49. The Hall–Kier alpha value is -1.36. The maximum Gasteiger partial charge on any atom is 0.344 e. The number of hydrogen-bond donors (Lipinski definition) is 0. The van der Waals surface area contributed by atoms with Gasteiger partial charge in [0.25, 0.3) is 0 Å². The van der Waals surface area contributed by atoms with E-state index in [2.05, 4.69) is 31.2 Å². The van der Waals surface area contributed by atoms with Crippen LogP contribution in [0.2, 0.25) is 5.28 Å². The lowest BCUT2D eigenvalue weighted by molar-refractivity contribution is -0.112. The minimum absolute atomic E-state index is 0.0565. The molecule has 90 valence electrons. The number of rotatable bonds is 5. The zero-order valence-electron chi connectivity index (χ0n) is 10.7. The lowest BCUT2D eigenvalue weighted by Gasteiger charge is -2.16. The van der Waals surface area contributed by atoms with Crippen LogP contribution in [0.5, 0.6) is 0 Å². The quantitative estimate of drug-likeness (QED) is 0.747.